The van der Waals surface area contributed by atoms with Gasteiger partial charge in [-0.25, -0.2) is 4.79 Å². The van der Waals surface area contributed by atoms with Gasteiger partial charge >= 0.3 is 6.09 Å². The molecule has 0 radical (unpaired) electrons. The van der Waals surface area contributed by atoms with Crippen LogP contribution in [0.15, 0.2) is 48.7 Å². The minimum Gasteiger partial charge on any atom is -0.444 e. The summed E-state index contributed by atoms with van der Waals surface area (Å²) in [4.78, 5) is 27.0. The van der Waals surface area contributed by atoms with E-state index in [0.717, 1.165) is 5.56 Å². The van der Waals surface area contributed by atoms with E-state index in [1.807, 2.05) is 30.3 Å². The number of benzene rings is 1. The predicted molar refractivity (Wildman–Crippen MR) is 91.7 cm³/mol. The van der Waals surface area contributed by atoms with Gasteiger partial charge < -0.3 is 20.4 Å². The lowest BCUT2D eigenvalue weighted by Gasteiger charge is -2.24. The number of amides is 2. The van der Waals surface area contributed by atoms with Crippen LogP contribution in [0, 0.1) is 0 Å². The smallest absolute Gasteiger partial charge is 0.408 e. The first kappa shape index (κ1) is 17.6. The number of rotatable bonds is 5. The van der Waals surface area contributed by atoms with E-state index in [1.165, 1.54) is 0 Å². The maximum Gasteiger partial charge on any atom is 0.408 e. The first-order valence-electron chi connectivity index (χ1n) is 7.81. The number of hydrogen-bond donors (Lipinski definition) is 3. The summed E-state index contributed by atoms with van der Waals surface area (Å²) in [6, 6.07) is 12.5. The second kappa shape index (κ2) is 7.68. The van der Waals surface area contributed by atoms with Gasteiger partial charge in [0.2, 0.25) is 0 Å². The zero-order valence-corrected chi connectivity index (χ0v) is 14.1. The molecule has 128 valence electrons. The number of carbonyl (C=O) groups is 2. The molecule has 1 aromatic heterocycles. The number of nitrogens with one attached hydrogen (secondary N) is 3. The molecule has 3 N–H and O–H groups in total. The molecule has 0 bridgehead atoms. The van der Waals surface area contributed by atoms with Gasteiger partial charge in [0.15, 0.2) is 0 Å². The third-order valence-corrected chi connectivity index (χ3v) is 3.20. The fourth-order valence-corrected chi connectivity index (χ4v) is 2.15. The molecule has 0 aliphatic heterocycles. The summed E-state index contributed by atoms with van der Waals surface area (Å²) in [6.45, 7) is 5.66. The van der Waals surface area contributed by atoms with Crippen LogP contribution in [0.1, 0.15) is 42.9 Å². The first-order valence-corrected chi connectivity index (χ1v) is 7.81. The van der Waals surface area contributed by atoms with Gasteiger partial charge in [-0.1, -0.05) is 30.3 Å². The van der Waals surface area contributed by atoms with E-state index in [-0.39, 0.29) is 18.5 Å². The van der Waals surface area contributed by atoms with Gasteiger partial charge in [-0.15, -0.1) is 0 Å². The van der Waals surface area contributed by atoms with Crippen LogP contribution in [-0.4, -0.2) is 29.1 Å². The monoisotopic (exact) mass is 329 g/mol. The van der Waals surface area contributed by atoms with E-state index < -0.39 is 11.7 Å². The summed E-state index contributed by atoms with van der Waals surface area (Å²) in [5.74, 6) is -0.230. The van der Waals surface area contributed by atoms with Crippen molar-refractivity contribution in [2.24, 2.45) is 0 Å². The van der Waals surface area contributed by atoms with Crippen LogP contribution in [0.2, 0.25) is 0 Å². The van der Waals surface area contributed by atoms with E-state index in [4.69, 9.17) is 4.74 Å². The van der Waals surface area contributed by atoms with Crippen molar-refractivity contribution in [3.63, 3.8) is 0 Å². The van der Waals surface area contributed by atoms with E-state index >= 15 is 0 Å². The van der Waals surface area contributed by atoms with Crippen LogP contribution in [0.5, 0.6) is 0 Å². The SMILES string of the molecule is CC(C)(C)OC(=O)N[C@@H](CNC(=O)c1ccc[nH]1)c1ccccc1. The van der Waals surface area contributed by atoms with Crippen LogP contribution in [0.3, 0.4) is 0 Å². The lowest BCUT2D eigenvalue weighted by Crippen LogP contribution is -2.40. The van der Waals surface area contributed by atoms with Crippen LogP contribution in [0.25, 0.3) is 0 Å². The van der Waals surface area contributed by atoms with Crippen molar-refractivity contribution in [2.45, 2.75) is 32.4 Å². The molecule has 6 nitrogen and oxygen atoms in total. The normalized spacial score (nSPS) is 12.3. The quantitative estimate of drug-likeness (QED) is 0.788. The number of H-pyrrole nitrogens is 1. The number of ether oxygens (including phenoxy) is 1. The highest BCUT2D eigenvalue weighted by molar-refractivity contribution is 5.92. The summed E-state index contributed by atoms with van der Waals surface area (Å²) in [5, 5.41) is 5.62. The molecule has 0 fully saturated rings. The standard InChI is InChI=1S/C18H23N3O3/c1-18(2,3)24-17(23)21-15(13-8-5-4-6-9-13)12-20-16(22)14-10-7-11-19-14/h4-11,15,19H,12H2,1-3H3,(H,20,22)(H,21,23)/t15-/m0/s1. The molecule has 0 unspecified atom stereocenters. The molecular formula is C18H23N3O3. The third kappa shape index (κ3) is 5.46. The molecule has 0 spiro atoms. The molecular weight excluding hydrogens is 306 g/mol. The van der Waals surface area contributed by atoms with Gasteiger partial charge in [0.25, 0.3) is 5.91 Å². The van der Waals surface area contributed by atoms with Crippen molar-refractivity contribution in [3.8, 4) is 0 Å². The average molecular weight is 329 g/mol. The molecule has 0 aliphatic carbocycles. The Bertz CT molecular complexity index is 661. The minimum atomic E-state index is -0.585. The molecule has 0 saturated heterocycles. The van der Waals surface area contributed by atoms with Gasteiger partial charge in [0, 0.05) is 12.7 Å². The zero-order chi connectivity index (χ0) is 17.6. The fraction of sp³-hybridized carbons (Fsp3) is 0.333. The molecule has 1 atom stereocenters. The van der Waals surface area contributed by atoms with Gasteiger partial charge in [-0.3, -0.25) is 4.79 Å². The summed E-state index contributed by atoms with van der Waals surface area (Å²) in [5.41, 5.74) is 0.771. The Morgan fingerprint density at radius 2 is 1.83 bits per heavy atom. The van der Waals surface area contributed by atoms with E-state index in [0.29, 0.717) is 5.69 Å². The Hall–Kier alpha value is -2.76. The lowest BCUT2D eigenvalue weighted by atomic mass is 10.1. The van der Waals surface area contributed by atoms with Crippen molar-refractivity contribution in [1.29, 1.82) is 0 Å². The average Bonchev–Trinajstić information content (AvgIpc) is 3.04. The number of carbonyl (C=O) groups excluding carboxylic acids is 2. The van der Waals surface area contributed by atoms with Gasteiger partial charge in [0.1, 0.15) is 11.3 Å². The molecule has 2 rings (SSSR count). The second-order valence-corrected chi connectivity index (χ2v) is 6.40. The largest absolute Gasteiger partial charge is 0.444 e. The van der Waals surface area contributed by atoms with Crippen LogP contribution in [0.4, 0.5) is 4.79 Å². The molecule has 6 heteroatoms. The second-order valence-electron chi connectivity index (χ2n) is 6.40. The maximum absolute atomic E-state index is 12.1. The molecule has 0 saturated carbocycles. The Balaban J connectivity index is 2.03. The van der Waals surface area contributed by atoms with Gasteiger partial charge in [0.05, 0.1) is 6.04 Å². The van der Waals surface area contributed by atoms with E-state index in [2.05, 4.69) is 15.6 Å². The molecule has 24 heavy (non-hydrogen) atoms. The van der Waals surface area contributed by atoms with E-state index in [1.54, 1.807) is 39.1 Å². The summed E-state index contributed by atoms with van der Waals surface area (Å²) >= 11 is 0. The van der Waals surface area contributed by atoms with Crippen molar-refractivity contribution >= 4 is 12.0 Å². The van der Waals surface area contributed by atoms with Crippen LogP contribution < -0.4 is 10.6 Å². The van der Waals surface area contributed by atoms with Crippen molar-refractivity contribution in [2.75, 3.05) is 6.54 Å². The molecule has 1 heterocycles. The highest BCUT2D eigenvalue weighted by Gasteiger charge is 2.21. The van der Waals surface area contributed by atoms with Crippen molar-refractivity contribution in [3.05, 3.63) is 59.9 Å². The third-order valence-electron chi connectivity index (χ3n) is 3.20. The highest BCUT2D eigenvalue weighted by Crippen LogP contribution is 2.14. The zero-order valence-electron chi connectivity index (χ0n) is 14.1. The van der Waals surface area contributed by atoms with Gasteiger partial charge in [-0.2, -0.15) is 0 Å². The Morgan fingerprint density at radius 3 is 2.42 bits per heavy atom. The number of hydrogen-bond acceptors (Lipinski definition) is 3. The van der Waals surface area contributed by atoms with E-state index in [9.17, 15) is 9.59 Å². The highest BCUT2D eigenvalue weighted by atomic mass is 16.6. The van der Waals surface area contributed by atoms with Gasteiger partial charge in [-0.05, 0) is 38.5 Å². The topological polar surface area (TPSA) is 83.2 Å². The lowest BCUT2D eigenvalue weighted by molar-refractivity contribution is 0.0501. The molecule has 2 amide bonds. The Morgan fingerprint density at radius 1 is 1.12 bits per heavy atom. The molecule has 1 aromatic carbocycles. The summed E-state index contributed by atoms with van der Waals surface area (Å²) < 4.78 is 5.30. The summed E-state index contributed by atoms with van der Waals surface area (Å²) in [6.07, 6.45) is 1.16. The van der Waals surface area contributed by atoms with Crippen molar-refractivity contribution < 1.29 is 14.3 Å². The first-order chi connectivity index (χ1) is 11.3. The number of alkyl carbamates (subject to hydrolysis) is 1. The van der Waals surface area contributed by atoms with Crippen molar-refractivity contribution in [1.82, 2.24) is 15.6 Å². The Kier molecular flexibility index (Phi) is 5.63. The fourth-order valence-electron chi connectivity index (χ4n) is 2.15. The summed E-state index contributed by atoms with van der Waals surface area (Å²) in [7, 11) is 0. The van der Waals surface area contributed by atoms with Crippen LogP contribution >= 0.6 is 0 Å². The maximum atomic E-state index is 12.1. The predicted octanol–water partition coefficient (Wildman–Crippen LogP) is 3.01. The minimum absolute atomic E-state index is 0.230. The molecule has 0 aliphatic rings. The molecule has 2 aromatic rings. The number of aromatic nitrogens is 1. The number of aromatic amines is 1. The van der Waals surface area contributed by atoms with Crippen LogP contribution in [-0.2, 0) is 4.74 Å². The Labute approximate surface area is 141 Å².